The number of aliphatic carboxylic acids is 1. The van der Waals surface area contributed by atoms with E-state index in [0.29, 0.717) is 5.56 Å². The SMILES string of the molecule is C[Si](C)(C)c1ccc(C(CO)C(=O)O)cc1. The molecule has 0 saturated heterocycles. The van der Waals surface area contributed by atoms with Gasteiger partial charge in [0.05, 0.1) is 14.7 Å². The third-order valence-electron chi connectivity index (χ3n) is 2.66. The highest BCUT2D eigenvalue weighted by Crippen LogP contribution is 2.15. The number of aliphatic hydroxyl groups excluding tert-OH is 1. The maximum atomic E-state index is 10.9. The Labute approximate surface area is 96.8 Å². The summed E-state index contributed by atoms with van der Waals surface area (Å²) in [5.41, 5.74) is 0.664. The van der Waals surface area contributed by atoms with E-state index in [-0.39, 0.29) is 6.61 Å². The molecule has 0 saturated carbocycles. The van der Waals surface area contributed by atoms with Gasteiger partial charge in [-0.2, -0.15) is 0 Å². The first-order chi connectivity index (χ1) is 7.36. The molecule has 1 atom stereocenters. The van der Waals surface area contributed by atoms with Crippen LogP contribution in [0.5, 0.6) is 0 Å². The first-order valence-electron chi connectivity index (χ1n) is 5.30. The summed E-state index contributed by atoms with van der Waals surface area (Å²) in [6.07, 6.45) is 0. The van der Waals surface area contributed by atoms with Gasteiger partial charge in [0.2, 0.25) is 0 Å². The molecule has 4 heteroatoms. The van der Waals surface area contributed by atoms with Crippen LogP contribution >= 0.6 is 0 Å². The molecule has 2 N–H and O–H groups in total. The molecular weight excluding hydrogens is 220 g/mol. The summed E-state index contributed by atoms with van der Waals surface area (Å²) >= 11 is 0. The summed E-state index contributed by atoms with van der Waals surface area (Å²) in [6, 6.07) is 7.57. The molecule has 0 heterocycles. The normalized spacial score (nSPS) is 13.5. The molecule has 1 rings (SSSR count). The van der Waals surface area contributed by atoms with Gasteiger partial charge in [0.1, 0.15) is 5.92 Å². The van der Waals surface area contributed by atoms with Crippen LogP contribution in [0.15, 0.2) is 24.3 Å². The minimum atomic E-state index is -1.34. The third kappa shape index (κ3) is 2.93. The number of rotatable bonds is 4. The van der Waals surface area contributed by atoms with Crippen molar-refractivity contribution in [1.29, 1.82) is 0 Å². The Bertz CT molecular complexity index is 365. The lowest BCUT2D eigenvalue weighted by molar-refractivity contribution is -0.139. The van der Waals surface area contributed by atoms with E-state index in [0.717, 1.165) is 0 Å². The summed E-state index contributed by atoms with van der Waals surface area (Å²) in [7, 11) is -1.34. The predicted molar refractivity (Wildman–Crippen MR) is 66.9 cm³/mol. The quantitative estimate of drug-likeness (QED) is 0.779. The summed E-state index contributed by atoms with van der Waals surface area (Å²) in [6.45, 7) is 6.36. The van der Waals surface area contributed by atoms with Crippen molar-refractivity contribution in [2.75, 3.05) is 6.61 Å². The van der Waals surface area contributed by atoms with Gasteiger partial charge in [0, 0.05) is 0 Å². The molecule has 0 spiro atoms. The lowest BCUT2D eigenvalue weighted by Gasteiger charge is -2.17. The van der Waals surface area contributed by atoms with Crippen LogP contribution in [0.4, 0.5) is 0 Å². The van der Waals surface area contributed by atoms with Crippen molar-refractivity contribution in [3.05, 3.63) is 29.8 Å². The molecule has 1 aromatic rings. The summed E-state index contributed by atoms with van der Waals surface area (Å²) < 4.78 is 0. The fraction of sp³-hybridized carbons (Fsp3) is 0.417. The van der Waals surface area contributed by atoms with Crippen molar-refractivity contribution >= 4 is 19.2 Å². The lowest BCUT2D eigenvalue weighted by Crippen LogP contribution is -2.37. The van der Waals surface area contributed by atoms with Gasteiger partial charge in [-0.15, -0.1) is 0 Å². The molecule has 0 bridgehead atoms. The Morgan fingerprint density at radius 3 is 2.06 bits per heavy atom. The zero-order valence-corrected chi connectivity index (χ0v) is 10.9. The largest absolute Gasteiger partial charge is 0.481 e. The smallest absolute Gasteiger partial charge is 0.313 e. The van der Waals surface area contributed by atoms with Crippen LogP contribution in [0, 0.1) is 0 Å². The molecule has 3 nitrogen and oxygen atoms in total. The molecule has 0 fully saturated rings. The van der Waals surface area contributed by atoms with Gasteiger partial charge in [-0.25, -0.2) is 0 Å². The van der Waals surface area contributed by atoms with E-state index in [4.69, 9.17) is 10.2 Å². The van der Waals surface area contributed by atoms with Crippen molar-refractivity contribution in [2.45, 2.75) is 25.6 Å². The van der Waals surface area contributed by atoms with E-state index in [2.05, 4.69) is 19.6 Å². The predicted octanol–water partition coefficient (Wildman–Crippen LogP) is 1.39. The Morgan fingerprint density at radius 2 is 1.75 bits per heavy atom. The van der Waals surface area contributed by atoms with Crippen molar-refractivity contribution < 1.29 is 15.0 Å². The molecule has 1 unspecified atom stereocenters. The Morgan fingerprint density at radius 1 is 1.25 bits per heavy atom. The van der Waals surface area contributed by atoms with E-state index in [9.17, 15) is 4.79 Å². The molecular formula is C12H18O3Si. The number of aliphatic hydroxyl groups is 1. The van der Waals surface area contributed by atoms with Crippen molar-refractivity contribution in [3.8, 4) is 0 Å². The van der Waals surface area contributed by atoms with Crippen molar-refractivity contribution in [1.82, 2.24) is 0 Å². The van der Waals surface area contributed by atoms with Crippen molar-refractivity contribution in [3.63, 3.8) is 0 Å². The zero-order chi connectivity index (χ0) is 12.3. The topological polar surface area (TPSA) is 57.5 Å². The van der Waals surface area contributed by atoms with E-state index in [1.807, 2.05) is 24.3 Å². The number of carbonyl (C=O) groups is 1. The average Bonchev–Trinajstić information content (AvgIpc) is 2.17. The maximum absolute atomic E-state index is 10.9. The van der Waals surface area contributed by atoms with Crippen LogP contribution in [0.3, 0.4) is 0 Å². The van der Waals surface area contributed by atoms with Gasteiger partial charge in [-0.3, -0.25) is 4.79 Å². The van der Waals surface area contributed by atoms with E-state index in [1.165, 1.54) is 5.19 Å². The molecule has 0 aliphatic rings. The van der Waals surface area contributed by atoms with Crippen LogP contribution in [-0.2, 0) is 4.79 Å². The monoisotopic (exact) mass is 238 g/mol. The molecule has 0 aromatic heterocycles. The molecule has 0 aliphatic heterocycles. The first-order valence-corrected chi connectivity index (χ1v) is 8.80. The molecule has 88 valence electrons. The van der Waals surface area contributed by atoms with Gasteiger partial charge >= 0.3 is 5.97 Å². The number of benzene rings is 1. The van der Waals surface area contributed by atoms with Crippen LogP contribution in [0.2, 0.25) is 19.6 Å². The van der Waals surface area contributed by atoms with Crippen LogP contribution in [0.1, 0.15) is 11.5 Å². The highest BCUT2D eigenvalue weighted by Gasteiger charge is 2.20. The lowest BCUT2D eigenvalue weighted by atomic mass is 10.0. The Kier molecular flexibility index (Phi) is 3.88. The summed E-state index contributed by atoms with van der Waals surface area (Å²) in [5, 5.41) is 19.2. The minimum Gasteiger partial charge on any atom is -0.481 e. The van der Waals surface area contributed by atoms with E-state index in [1.54, 1.807) is 0 Å². The zero-order valence-electron chi connectivity index (χ0n) is 9.90. The maximum Gasteiger partial charge on any atom is 0.313 e. The average molecular weight is 238 g/mol. The molecule has 0 amide bonds. The van der Waals surface area contributed by atoms with Crippen LogP contribution in [-0.4, -0.2) is 30.9 Å². The molecule has 0 aliphatic carbocycles. The standard InChI is InChI=1S/C12H18O3Si/c1-16(2,3)10-6-4-9(5-7-10)11(8-13)12(14)15/h4-7,11,13H,8H2,1-3H3,(H,14,15). The van der Waals surface area contributed by atoms with E-state index >= 15 is 0 Å². The first kappa shape index (κ1) is 12.9. The second-order valence-electron chi connectivity index (χ2n) is 4.95. The number of hydrogen-bond acceptors (Lipinski definition) is 2. The summed E-state index contributed by atoms with van der Waals surface area (Å²) in [4.78, 5) is 10.9. The van der Waals surface area contributed by atoms with Gasteiger partial charge in [-0.1, -0.05) is 49.1 Å². The summed E-state index contributed by atoms with van der Waals surface area (Å²) in [5.74, 6) is -1.79. The Balaban J connectivity index is 2.98. The molecule has 1 aromatic carbocycles. The Hall–Kier alpha value is -1.13. The fourth-order valence-electron chi connectivity index (χ4n) is 1.54. The minimum absolute atomic E-state index is 0.359. The van der Waals surface area contributed by atoms with Crippen LogP contribution < -0.4 is 5.19 Å². The van der Waals surface area contributed by atoms with Gasteiger partial charge < -0.3 is 10.2 Å². The van der Waals surface area contributed by atoms with E-state index < -0.39 is 20.0 Å². The van der Waals surface area contributed by atoms with Gasteiger partial charge in [-0.05, 0) is 5.56 Å². The molecule has 0 radical (unpaired) electrons. The fourth-order valence-corrected chi connectivity index (χ4v) is 2.71. The number of hydrogen-bond donors (Lipinski definition) is 2. The number of carboxylic acids is 1. The second-order valence-corrected chi connectivity index (χ2v) is 10.0. The highest BCUT2D eigenvalue weighted by atomic mass is 28.3. The van der Waals surface area contributed by atoms with Gasteiger partial charge in [0.15, 0.2) is 0 Å². The third-order valence-corrected chi connectivity index (χ3v) is 4.73. The van der Waals surface area contributed by atoms with Gasteiger partial charge in [0.25, 0.3) is 0 Å². The second kappa shape index (κ2) is 4.80. The molecule has 16 heavy (non-hydrogen) atoms. The highest BCUT2D eigenvalue weighted by molar-refractivity contribution is 6.88. The van der Waals surface area contributed by atoms with Crippen LogP contribution in [0.25, 0.3) is 0 Å². The number of carboxylic acid groups (broad SMARTS) is 1. The van der Waals surface area contributed by atoms with Crippen molar-refractivity contribution in [2.24, 2.45) is 0 Å².